The fraction of sp³-hybridized carbons (Fsp3) is 0.438. The third-order valence-electron chi connectivity index (χ3n) is 3.41. The number of nitrogens with zero attached hydrogens (tertiary/aromatic N) is 1. The van der Waals surface area contributed by atoms with Crippen molar-refractivity contribution in [3.63, 3.8) is 0 Å². The van der Waals surface area contributed by atoms with Gasteiger partial charge in [-0.25, -0.2) is 0 Å². The van der Waals surface area contributed by atoms with Gasteiger partial charge in [0, 0.05) is 24.7 Å². The van der Waals surface area contributed by atoms with E-state index in [1.54, 1.807) is 0 Å². The molecule has 0 amide bonds. The summed E-state index contributed by atoms with van der Waals surface area (Å²) in [5.74, 6) is 4.66. The molecule has 0 spiro atoms. The summed E-state index contributed by atoms with van der Waals surface area (Å²) in [4.78, 5) is 13.0. The Morgan fingerprint density at radius 2 is 2.14 bits per heavy atom. The summed E-state index contributed by atoms with van der Waals surface area (Å²) in [5, 5.41) is 17.6. The molecule has 5 nitrogen and oxygen atoms in total. The van der Waals surface area contributed by atoms with Gasteiger partial charge in [0.1, 0.15) is 6.61 Å². The van der Waals surface area contributed by atoms with E-state index in [0.29, 0.717) is 19.8 Å². The van der Waals surface area contributed by atoms with E-state index in [9.17, 15) is 4.79 Å². The van der Waals surface area contributed by atoms with Gasteiger partial charge < -0.3 is 14.9 Å². The second kappa shape index (κ2) is 7.79. The van der Waals surface area contributed by atoms with Gasteiger partial charge in [0.25, 0.3) is 0 Å². The number of hydrogen-bond acceptors (Lipinski definition) is 4. The Hall–Kier alpha value is -1.87. The molecule has 2 rings (SSSR count). The molecule has 112 valence electrons. The molecule has 1 aliphatic heterocycles. The van der Waals surface area contributed by atoms with Crippen LogP contribution in [0.5, 0.6) is 0 Å². The second-order valence-corrected chi connectivity index (χ2v) is 4.95. The summed E-state index contributed by atoms with van der Waals surface area (Å²) >= 11 is 0. The van der Waals surface area contributed by atoms with E-state index < -0.39 is 5.97 Å². The highest BCUT2D eigenvalue weighted by Gasteiger charge is 2.25. The van der Waals surface area contributed by atoms with Crippen LogP contribution in [0.2, 0.25) is 0 Å². The lowest BCUT2D eigenvalue weighted by molar-refractivity contribution is -0.140. The Labute approximate surface area is 124 Å². The molecule has 0 aliphatic carbocycles. The fourth-order valence-corrected chi connectivity index (χ4v) is 2.36. The summed E-state index contributed by atoms with van der Waals surface area (Å²) in [6.07, 6.45) is 0.0973. The number of ether oxygens (including phenoxy) is 1. The number of carbonyl (C=O) groups is 1. The number of carboxylic acid groups (broad SMARTS) is 1. The maximum atomic E-state index is 10.9. The Morgan fingerprint density at radius 3 is 2.81 bits per heavy atom. The second-order valence-electron chi connectivity index (χ2n) is 4.95. The van der Waals surface area contributed by atoms with Crippen molar-refractivity contribution in [2.75, 3.05) is 26.4 Å². The van der Waals surface area contributed by atoms with Crippen LogP contribution in [0.25, 0.3) is 0 Å². The molecule has 0 bridgehead atoms. The molecule has 1 aromatic carbocycles. The van der Waals surface area contributed by atoms with Crippen LogP contribution in [0.4, 0.5) is 0 Å². The van der Waals surface area contributed by atoms with Crippen molar-refractivity contribution in [1.82, 2.24) is 4.90 Å². The number of rotatable bonds is 4. The molecular weight excluding hydrogens is 270 g/mol. The van der Waals surface area contributed by atoms with Gasteiger partial charge in [-0.3, -0.25) is 9.69 Å². The predicted octanol–water partition coefficient (Wildman–Crippen LogP) is 0.706. The first-order valence-electron chi connectivity index (χ1n) is 6.91. The normalized spacial score (nSPS) is 18.8. The van der Waals surface area contributed by atoms with E-state index in [1.807, 2.05) is 24.3 Å². The minimum atomic E-state index is -0.801. The van der Waals surface area contributed by atoms with Crippen LogP contribution >= 0.6 is 0 Å². The van der Waals surface area contributed by atoms with Crippen molar-refractivity contribution >= 4 is 5.97 Å². The molecule has 21 heavy (non-hydrogen) atoms. The number of hydrogen-bond donors (Lipinski definition) is 2. The zero-order chi connectivity index (χ0) is 15.1. The van der Waals surface area contributed by atoms with Crippen molar-refractivity contribution < 1.29 is 19.7 Å². The summed E-state index contributed by atoms with van der Waals surface area (Å²) in [7, 11) is 0. The van der Waals surface area contributed by atoms with Crippen LogP contribution in [0.15, 0.2) is 24.3 Å². The van der Waals surface area contributed by atoms with Gasteiger partial charge >= 0.3 is 5.97 Å². The topological polar surface area (TPSA) is 70.0 Å². The van der Waals surface area contributed by atoms with Crippen molar-refractivity contribution in [2.45, 2.75) is 19.0 Å². The van der Waals surface area contributed by atoms with Crippen LogP contribution in [0, 0.1) is 11.8 Å². The number of morpholine rings is 1. The van der Waals surface area contributed by atoms with Crippen LogP contribution in [-0.2, 0) is 16.1 Å². The van der Waals surface area contributed by atoms with Gasteiger partial charge in [0.2, 0.25) is 0 Å². The monoisotopic (exact) mass is 289 g/mol. The van der Waals surface area contributed by atoms with Gasteiger partial charge in [0.15, 0.2) is 0 Å². The van der Waals surface area contributed by atoms with Crippen molar-refractivity contribution in [2.24, 2.45) is 0 Å². The standard InChI is InChI=1S/C16H19NO4/c18-8-1-2-13-3-5-14(6-4-13)11-17-7-9-21-12-15(17)10-16(19)20/h3-6,15,18H,7-12H2,(H,19,20)/t15-/m0/s1. The van der Waals surface area contributed by atoms with E-state index in [2.05, 4.69) is 16.7 Å². The molecule has 2 N–H and O–H groups in total. The first-order chi connectivity index (χ1) is 10.2. The highest BCUT2D eigenvalue weighted by atomic mass is 16.5. The van der Waals surface area contributed by atoms with E-state index in [0.717, 1.165) is 17.7 Å². The first-order valence-corrected chi connectivity index (χ1v) is 6.91. The quantitative estimate of drug-likeness (QED) is 0.799. The Balaban J connectivity index is 1.99. The van der Waals surface area contributed by atoms with Crippen LogP contribution < -0.4 is 0 Å². The zero-order valence-corrected chi connectivity index (χ0v) is 11.8. The molecule has 1 aliphatic rings. The number of aliphatic hydroxyl groups excluding tert-OH is 1. The minimum absolute atomic E-state index is 0.0786. The fourth-order valence-electron chi connectivity index (χ4n) is 2.36. The highest BCUT2D eigenvalue weighted by Crippen LogP contribution is 2.15. The maximum Gasteiger partial charge on any atom is 0.305 e. The maximum absolute atomic E-state index is 10.9. The smallest absolute Gasteiger partial charge is 0.305 e. The van der Waals surface area contributed by atoms with Crippen LogP contribution in [0.1, 0.15) is 17.5 Å². The van der Waals surface area contributed by atoms with Gasteiger partial charge in [-0.05, 0) is 17.7 Å². The Kier molecular flexibility index (Phi) is 5.76. The van der Waals surface area contributed by atoms with E-state index >= 15 is 0 Å². The molecule has 0 aromatic heterocycles. The van der Waals surface area contributed by atoms with E-state index in [4.69, 9.17) is 14.9 Å². The SMILES string of the molecule is O=C(O)C[C@H]1COCCN1Cc1ccc(C#CCO)cc1. The zero-order valence-electron chi connectivity index (χ0n) is 11.8. The van der Waals surface area contributed by atoms with Crippen molar-refractivity contribution in [3.05, 3.63) is 35.4 Å². The lowest BCUT2D eigenvalue weighted by Crippen LogP contribution is -2.45. The van der Waals surface area contributed by atoms with E-state index in [-0.39, 0.29) is 19.1 Å². The summed E-state index contributed by atoms with van der Waals surface area (Å²) in [6, 6.07) is 7.70. The molecule has 0 saturated carbocycles. The molecule has 1 atom stereocenters. The molecule has 1 fully saturated rings. The largest absolute Gasteiger partial charge is 0.481 e. The summed E-state index contributed by atoms with van der Waals surface area (Å²) in [5.41, 5.74) is 1.97. The summed E-state index contributed by atoms with van der Waals surface area (Å²) < 4.78 is 5.37. The number of aliphatic hydroxyl groups is 1. The predicted molar refractivity (Wildman–Crippen MR) is 77.7 cm³/mol. The average molecular weight is 289 g/mol. The molecule has 0 radical (unpaired) electrons. The number of benzene rings is 1. The molecule has 1 aromatic rings. The third kappa shape index (κ3) is 4.87. The summed E-state index contributed by atoms with van der Waals surface area (Å²) in [6.45, 7) is 2.40. The van der Waals surface area contributed by atoms with Gasteiger partial charge in [-0.15, -0.1) is 0 Å². The van der Waals surface area contributed by atoms with Gasteiger partial charge in [-0.1, -0.05) is 24.0 Å². The first kappa shape index (κ1) is 15.5. The van der Waals surface area contributed by atoms with Gasteiger partial charge in [0.05, 0.1) is 19.6 Å². The lowest BCUT2D eigenvalue weighted by Gasteiger charge is -2.34. The Bertz CT molecular complexity index is 529. The molecule has 0 unspecified atom stereocenters. The highest BCUT2D eigenvalue weighted by molar-refractivity contribution is 5.67. The van der Waals surface area contributed by atoms with Crippen molar-refractivity contribution in [1.29, 1.82) is 0 Å². The molecule has 1 heterocycles. The number of carboxylic acids is 1. The minimum Gasteiger partial charge on any atom is -0.481 e. The average Bonchev–Trinajstić information content (AvgIpc) is 2.48. The number of aliphatic carboxylic acids is 1. The molecular formula is C16H19NO4. The Morgan fingerprint density at radius 1 is 1.38 bits per heavy atom. The lowest BCUT2D eigenvalue weighted by atomic mass is 10.1. The van der Waals surface area contributed by atoms with Crippen LogP contribution in [0.3, 0.4) is 0 Å². The third-order valence-corrected chi connectivity index (χ3v) is 3.41. The molecule has 1 saturated heterocycles. The van der Waals surface area contributed by atoms with Crippen LogP contribution in [-0.4, -0.2) is 53.5 Å². The molecule has 5 heteroatoms. The van der Waals surface area contributed by atoms with E-state index in [1.165, 1.54) is 0 Å². The van der Waals surface area contributed by atoms with Gasteiger partial charge in [-0.2, -0.15) is 0 Å². The van der Waals surface area contributed by atoms with Crippen molar-refractivity contribution in [3.8, 4) is 11.8 Å².